The van der Waals surface area contributed by atoms with E-state index in [2.05, 4.69) is 24.1 Å². The molecule has 1 aliphatic rings. The SMILES string of the molecule is CCOC(=O)C(C)(CN1CCC(C)(CC)CC1)NC. The molecule has 19 heavy (non-hydrogen) atoms. The molecule has 1 saturated heterocycles. The van der Waals surface area contributed by atoms with Gasteiger partial charge in [-0.1, -0.05) is 20.3 Å². The molecule has 112 valence electrons. The summed E-state index contributed by atoms with van der Waals surface area (Å²) in [6.45, 7) is 11.7. The van der Waals surface area contributed by atoms with Crippen molar-refractivity contribution in [3.05, 3.63) is 0 Å². The van der Waals surface area contributed by atoms with Crippen LogP contribution in [0, 0.1) is 5.41 Å². The lowest BCUT2D eigenvalue weighted by molar-refractivity contribution is -0.151. The molecule has 1 heterocycles. The highest BCUT2D eigenvalue weighted by molar-refractivity contribution is 5.80. The van der Waals surface area contributed by atoms with Crippen LogP contribution in [-0.2, 0) is 9.53 Å². The van der Waals surface area contributed by atoms with Crippen molar-refractivity contribution in [2.75, 3.05) is 33.3 Å². The third-order valence-electron chi connectivity index (χ3n) is 4.73. The van der Waals surface area contributed by atoms with E-state index in [-0.39, 0.29) is 5.97 Å². The van der Waals surface area contributed by atoms with Gasteiger partial charge in [0.15, 0.2) is 0 Å². The Morgan fingerprint density at radius 3 is 2.37 bits per heavy atom. The number of hydrogen-bond acceptors (Lipinski definition) is 4. The predicted octanol–water partition coefficient (Wildman–Crippen LogP) is 2.04. The zero-order valence-electron chi connectivity index (χ0n) is 13.2. The van der Waals surface area contributed by atoms with Crippen molar-refractivity contribution in [3.8, 4) is 0 Å². The highest BCUT2D eigenvalue weighted by Gasteiger charge is 2.37. The van der Waals surface area contributed by atoms with E-state index >= 15 is 0 Å². The van der Waals surface area contributed by atoms with Crippen LogP contribution >= 0.6 is 0 Å². The number of hydrogen-bond donors (Lipinski definition) is 1. The number of piperidine rings is 1. The summed E-state index contributed by atoms with van der Waals surface area (Å²) in [6.07, 6.45) is 3.67. The van der Waals surface area contributed by atoms with Gasteiger partial charge < -0.3 is 15.0 Å². The minimum Gasteiger partial charge on any atom is -0.465 e. The number of carbonyl (C=O) groups is 1. The molecule has 0 aromatic rings. The van der Waals surface area contributed by atoms with Gasteiger partial charge in [-0.15, -0.1) is 0 Å². The summed E-state index contributed by atoms with van der Waals surface area (Å²) < 4.78 is 5.17. The Morgan fingerprint density at radius 2 is 1.95 bits per heavy atom. The summed E-state index contributed by atoms with van der Waals surface area (Å²) in [4.78, 5) is 14.4. The van der Waals surface area contributed by atoms with Gasteiger partial charge in [-0.05, 0) is 52.2 Å². The lowest BCUT2D eigenvalue weighted by atomic mass is 9.78. The van der Waals surface area contributed by atoms with Gasteiger partial charge in [0.2, 0.25) is 0 Å². The smallest absolute Gasteiger partial charge is 0.327 e. The standard InChI is InChI=1S/C15H30N2O2/c1-6-14(3)8-10-17(11-9-14)12-15(4,16-5)13(18)19-7-2/h16H,6-12H2,1-5H3. The first-order valence-corrected chi connectivity index (χ1v) is 7.47. The topological polar surface area (TPSA) is 41.6 Å². The molecule has 1 rings (SSSR count). The van der Waals surface area contributed by atoms with Gasteiger partial charge in [0.1, 0.15) is 5.54 Å². The van der Waals surface area contributed by atoms with Gasteiger partial charge in [0.25, 0.3) is 0 Å². The fraction of sp³-hybridized carbons (Fsp3) is 0.933. The van der Waals surface area contributed by atoms with Gasteiger partial charge in [-0.2, -0.15) is 0 Å². The highest BCUT2D eigenvalue weighted by atomic mass is 16.5. The Labute approximate surface area is 117 Å². The molecule has 0 saturated carbocycles. The van der Waals surface area contributed by atoms with Gasteiger partial charge in [-0.3, -0.25) is 4.79 Å². The maximum absolute atomic E-state index is 12.0. The average molecular weight is 270 g/mol. The van der Waals surface area contributed by atoms with Crippen LogP contribution in [0.15, 0.2) is 0 Å². The molecule has 1 atom stereocenters. The number of esters is 1. The number of carbonyl (C=O) groups excluding carboxylic acids is 1. The number of likely N-dealkylation sites (tertiary alicyclic amines) is 1. The minimum absolute atomic E-state index is 0.152. The Balaban J connectivity index is 2.56. The molecule has 4 nitrogen and oxygen atoms in total. The highest BCUT2D eigenvalue weighted by Crippen LogP contribution is 2.34. The third kappa shape index (κ3) is 4.18. The second-order valence-electron chi connectivity index (χ2n) is 6.24. The monoisotopic (exact) mass is 270 g/mol. The molecule has 0 aliphatic carbocycles. The van der Waals surface area contributed by atoms with E-state index in [1.54, 1.807) is 0 Å². The van der Waals surface area contributed by atoms with Gasteiger partial charge in [-0.25, -0.2) is 0 Å². The van der Waals surface area contributed by atoms with Gasteiger partial charge >= 0.3 is 5.97 Å². The minimum atomic E-state index is -0.601. The number of rotatable bonds is 6. The molecule has 0 amide bonds. The molecule has 0 aromatic heterocycles. The van der Waals surface area contributed by atoms with E-state index in [1.165, 1.54) is 19.3 Å². The summed E-state index contributed by atoms with van der Waals surface area (Å²) in [5, 5.41) is 3.13. The second-order valence-corrected chi connectivity index (χ2v) is 6.24. The van der Waals surface area contributed by atoms with Crippen LogP contribution in [-0.4, -0.2) is 49.7 Å². The van der Waals surface area contributed by atoms with Crippen LogP contribution in [0.25, 0.3) is 0 Å². The van der Waals surface area contributed by atoms with E-state index in [0.29, 0.717) is 12.0 Å². The maximum atomic E-state index is 12.0. The normalized spacial score (nSPS) is 22.8. The number of nitrogens with zero attached hydrogens (tertiary/aromatic N) is 1. The summed E-state index contributed by atoms with van der Waals surface area (Å²) in [7, 11) is 1.83. The van der Waals surface area contributed by atoms with Crippen molar-refractivity contribution >= 4 is 5.97 Å². The Kier molecular flexibility index (Phi) is 5.81. The molecule has 1 unspecified atom stereocenters. The molecular formula is C15H30N2O2. The van der Waals surface area contributed by atoms with Crippen LogP contribution < -0.4 is 5.32 Å². The summed E-state index contributed by atoms with van der Waals surface area (Å²) >= 11 is 0. The fourth-order valence-corrected chi connectivity index (χ4v) is 2.59. The number of likely N-dealkylation sites (N-methyl/N-ethyl adjacent to an activating group) is 1. The zero-order chi connectivity index (χ0) is 14.5. The zero-order valence-corrected chi connectivity index (χ0v) is 13.2. The predicted molar refractivity (Wildman–Crippen MR) is 78.2 cm³/mol. The molecule has 0 radical (unpaired) electrons. The van der Waals surface area contributed by atoms with Crippen LogP contribution in [0.5, 0.6) is 0 Å². The first-order chi connectivity index (χ1) is 8.89. The van der Waals surface area contributed by atoms with E-state index in [0.717, 1.165) is 19.6 Å². The van der Waals surface area contributed by atoms with Crippen molar-refractivity contribution in [1.29, 1.82) is 0 Å². The molecule has 0 aromatic carbocycles. The molecule has 4 heteroatoms. The van der Waals surface area contributed by atoms with Crippen LogP contribution in [0.3, 0.4) is 0 Å². The Morgan fingerprint density at radius 1 is 1.37 bits per heavy atom. The van der Waals surface area contributed by atoms with Crippen LogP contribution in [0.4, 0.5) is 0 Å². The van der Waals surface area contributed by atoms with Crippen LogP contribution in [0.1, 0.15) is 47.0 Å². The lowest BCUT2D eigenvalue weighted by Gasteiger charge is -2.41. The van der Waals surface area contributed by atoms with Crippen molar-refractivity contribution in [2.45, 2.75) is 52.5 Å². The molecular weight excluding hydrogens is 240 g/mol. The first-order valence-electron chi connectivity index (χ1n) is 7.47. The first kappa shape index (κ1) is 16.4. The number of nitrogens with one attached hydrogen (secondary N) is 1. The van der Waals surface area contributed by atoms with E-state index in [9.17, 15) is 4.79 Å². The number of ether oxygens (including phenoxy) is 1. The largest absolute Gasteiger partial charge is 0.465 e. The van der Waals surface area contributed by atoms with Crippen molar-refractivity contribution in [1.82, 2.24) is 10.2 Å². The molecule has 0 spiro atoms. The van der Waals surface area contributed by atoms with Crippen molar-refractivity contribution in [2.24, 2.45) is 5.41 Å². The second kappa shape index (κ2) is 6.71. The summed E-state index contributed by atoms with van der Waals surface area (Å²) in [5.41, 5.74) is -0.119. The molecule has 1 N–H and O–H groups in total. The van der Waals surface area contributed by atoms with Crippen molar-refractivity contribution in [3.63, 3.8) is 0 Å². The summed E-state index contributed by atoms with van der Waals surface area (Å²) in [6, 6.07) is 0. The van der Waals surface area contributed by atoms with Crippen molar-refractivity contribution < 1.29 is 9.53 Å². The maximum Gasteiger partial charge on any atom is 0.327 e. The molecule has 1 aliphatic heterocycles. The van der Waals surface area contributed by atoms with E-state index in [1.807, 2.05) is 20.9 Å². The Hall–Kier alpha value is -0.610. The summed E-state index contributed by atoms with van der Waals surface area (Å²) in [5.74, 6) is -0.152. The van der Waals surface area contributed by atoms with E-state index < -0.39 is 5.54 Å². The van der Waals surface area contributed by atoms with Gasteiger partial charge in [0.05, 0.1) is 6.61 Å². The molecule has 1 fully saturated rings. The molecule has 0 bridgehead atoms. The lowest BCUT2D eigenvalue weighted by Crippen LogP contribution is -2.57. The van der Waals surface area contributed by atoms with Gasteiger partial charge in [0, 0.05) is 6.54 Å². The third-order valence-corrected chi connectivity index (χ3v) is 4.73. The van der Waals surface area contributed by atoms with E-state index in [4.69, 9.17) is 4.74 Å². The average Bonchev–Trinajstić information content (AvgIpc) is 2.42. The van der Waals surface area contributed by atoms with Crippen LogP contribution in [0.2, 0.25) is 0 Å². The Bertz CT molecular complexity index is 299. The fourth-order valence-electron chi connectivity index (χ4n) is 2.59. The quantitative estimate of drug-likeness (QED) is 0.750.